The Labute approximate surface area is 197 Å². The van der Waals surface area contributed by atoms with Crippen molar-refractivity contribution >= 4 is 34.0 Å². The molecule has 34 heavy (non-hydrogen) atoms. The van der Waals surface area contributed by atoms with Gasteiger partial charge in [0, 0.05) is 47.7 Å². The number of carbonyl (C=O) groups is 2. The minimum absolute atomic E-state index is 0.0769. The minimum Gasteiger partial charge on any atom is -0.383 e. The fourth-order valence-electron chi connectivity index (χ4n) is 3.69. The Kier molecular flexibility index (Phi) is 7.03. The average molecular weight is 455 g/mol. The first-order valence-electron chi connectivity index (χ1n) is 11.1. The maximum Gasteiger partial charge on any atom is 0.251 e. The van der Waals surface area contributed by atoms with Crippen molar-refractivity contribution in [3.8, 4) is 0 Å². The first kappa shape index (κ1) is 22.8. The third-order valence-electron chi connectivity index (χ3n) is 5.39. The van der Waals surface area contributed by atoms with E-state index < -0.39 is 0 Å². The summed E-state index contributed by atoms with van der Waals surface area (Å²) in [4.78, 5) is 36.6. The van der Waals surface area contributed by atoms with Gasteiger partial charge in [0.15, 0.2) is 0 Å². The van der Waals surface area contributed by atoms with Crippen LogP contribution in [0.4, 0.5) is 11.4 Å². The number of benzene rings is 3. The second kappa shape index (κ2) is 10.5. The Morgan fingerprint density at radius 3 is 2.44 bits per heavy atom. The molecule has 0 atom stereocenters. The summed E-state index contributed by atoms with van der Waals surface area (Å²) >= 11 is 0. The van der Waals surface area contributed by atoms with Crippen LogP contribution in [0.25, 0.3) is 10.8 Å². The largest absolute Gasteiger partial charge is 0.383 e. The average Bonchev–Trinajstić information content (AvgIpc) is 2.84. The molecule has 4 rings (SSSR count). The summed E-state index contributed by atoms with van der Waals surface area (Å²) < 4.78 is 1.36. The first-order chi connectivity index (χ1) is 16.5. The number of anilines is 2. The summed E-state index contributed by atoms with van der Waals surface area (Å²) in [5, 5.41) is 11.3. The maximum absolute atomic E-state index is 12.4. The maximum atomic E-state index is 12.4. The van der Waals surface area contributed by atoms with Gasteiger partial charge in [-0.05, 0) is 48.2 Å². The van der Waals surface area contributed by atoms with E-state index >= 15 is 0 Å². The number of rotatable bonds is 8. The third kappa shape index (κ3) is 5.69. The Balaban J connectivity index is 1.26. The van der Waals surface area contributed by atoms with Crippen LogP contribution in [-0.4, -0.2) is 29.5 Å². The van der Waals surface area contributed by atoms with Gasteiger partial charge in [0.1, 0.15) is 6.54 Å². The van der Waals surface area contributed by atoms with Crippen molar-refractivity contribution in [1.82, 2.24) is 9.88 Å². The topological polar surface area (TPSA) is 92.2 Å². The van der Waals surface area contributed by atoms with E-state index in [1.165, 1.54) is 10.6 Å². The Hall–Kier alpha value is -4.39. The van der Waals surface area contributed by atoms with E-state index in [9.17, 15) is 14.4 Å². The molecular weight excluding hydrogens is 428 g/mol. The SMILES string of the molecule is Cc1ccc(=O)n(CC(=O)Nc2ccc(C(=O)NCCNc3cccc4ccccc34)cc2)c1. The smallest absolute Gasteiger partial charge is 0.251 e. The minimum atomic E-state index is -0.315. The van der Waals surface area contributed by atoms with Crippen molar-refractivity contribution in [1.29, 1.82) is 0 Å². The van der Waals surface area contributed by atoms with Crippen molar-refractivity contribution in [3.63, 3.8) is 0 Å². The van der Waals surface area contributed by atoms with Gasteiger partial charge >= 0.3 is 0 Å². The standard InChI is InChI=1S/C27H26N4O3/c1-19-9-14-26(33)31(17-19)18-25(32)30-22-12-10-21(11-13-22)27(34)29-16-15-28-24-8-4-6-20-5-2-3-7-23(20)24/h2-14,17,28H,15-16,18H2,1H3,(H,29,34)(H,30,32). The number of carbonyl (C=O) groups excluding carboxylic acids is 2. The van der Waals surface area contributed by atoms with Gasteiger partial charge in [0.25, 0.3) is 11.5 Å². The van der Waals surface area contributed by atoms with Crippen molar-refractivity contribution in [2.75, 3.05) is 23.7 Å². The zero-order valence-corrected chi connectivity index (χ0v) is 18.9. The molecule has 172 valence electrons. The fraction of sp³-hybridized carbons (Fsp3) is 0.148. The monoisotopic (exact) mass is 454 g/mol. The highest BCUT2D eigenvalue weighted by Crippen LogP contribution is 2.22. The van der Waals surface area contributed by atoms with E-state index in [0.717, 1.165) is 22.0 Å². The molecule has 0 spiro atoms. The number of nitrogens with one attached hydrogen (secondary N) is 3. The molecule has 4 aromatic rings. The van der Waals surface area contributed by atoms with E-state index in [-0.39, 0.29) is 23.9 Å². The number of amides is 2. The highest BCUT2D eigenvalue weighted by molar-refractivity contribution is 5.96. The summed E-state index contributed by atoms with van der Waals surface area (Å²) in [5.74, 6) is -0.506. The number of hydrogen-bond donors (Lipinski definition) is 3. The quantitative estimate of drug-likeness (QED) is 0.353. The molecule has 1 aromatic heterocycles. The molecule has 7 heteroatoms. The van der Waals surface area contributed by atoms with Crippen LogP contribution in [0.3, 0.4) is 0 Å². The molecule has 0 aliphatic heterocycles. The molecule has 7 nitrogen and oxygen atoms in total. The van der Waals surface area contributed by atoms with Crippen LogP contribution in [0.2, 0.25) is 0 Å². The lowest BCUT2D eigenvalue weighted by molar-refractivity contribution is -0.116. The number of aromatic nitrogens is 1. The van der Waals surface area contributed by atoms with Crippen LogP contribution < -0.4 is 21.5 Å². The lowest BCUT2D eigenvalue weighted by Crippen LogP contribution is -2.29. The second-order valence-corrected chi connectivity index (χ2v) is 8.01. The van der Waals surface area contributed by atoms with Crippen molar-refractivity contribution in [2.24, 2.45) is 0 Å². The van der Waals surface area contributed by atoms with Gasteiger partial charge in [-0.3, -0.25) is 14.4 Å². The van der Waals surface area contributed by atoms with Crippen LogP contribution >= 0.6 is 0 Å². The number of aryl methyl sites for hydroxylation is 1. The van der Waals surface area contributed by atoms with Gasteiger partial charge in [-0.1, -0.05) is 42.5 Å². The number of nitrogens with zero attached hydrogens (tertiary/aromatic N) is 1. The van der Waals surface area contributed by atoms with Gasteiger partial charge in [-0.15, -0.1) is 0 Å². The van der Waals surface area contributed by atoms with Crippen LogP contribution in [0.5, 0.6) is 0 Å². The first-order valence-corrected chi connectivity index (χ1v) is 11.1. The zero-order chi connectivity index (χ0) is 23.9. The fourth-order valence-corrected chi connectivity index (χ4v) is 3.69. The molecule has 3 N–H and O–H groups in total. The highest BCUT2D eigenvalue weighted by Gasteiger charge is 2.08. The normalized spacial score (nSPS) is 10.6. The molecule has 0 aliphatic rings. The molecule has 0 bridgehead atoms. The van der Waals surface area contributed by atoms with Gasteiger partial charge < -0.3 is 20.5 Å². The van der Waals surface area contributed by atoms with E-state index in [1.54, 1.807) is 36.5 Å². The van der Waals surface area contributed by atoms with Crippen LogP contribution in [-0.2, 0) is 11.3 Å². The number of hydrogen-bond acceptors (Lipinski definition) is 4. The Bertz CT molecular complexity index is 1370. The lowest BCUT2D eigenvalue weighted by Gasteiger charge is -2.11. The predicted molar refractivity (Wildman–Crippen MR) is 135 cm³/mol. The molecule has 0 unspecified atom stereocenters. The summed E-state index contributed by atoms with van der Waals surface area (Å²) in [7, 11) is 0. The summed E-state index contributed by atoms with van der Waals surface area (Å²) in [6.07, 6.45) is 1.64. The van der Waals surface area contributed by atoms with Crippen molar-refractivity contribution in [2.45, 2.75) is 13.5 Å². The van der Waals surface area contributed by atoms with Crippen LogP contribution in [0.1, 0.15) is 15.9 Å². The van der Waals surface area contributed by atoms with Gasteiger partial charge in [-0.2, -0.15) is 0 Å². The molecule has 1 heterocycles. The summed E-state index contributed by atoms with van der Waals surface area (Å²) in [6, 6.07) is 24.0. The molecule has 0 saturated heterocycles. The number of fused-ring (bicyclic) bond motifs is 1. The molecule has 3 aromatic carbocycles. The van der Waals surface area contributed by atoms with E-state index in [4.69, 9.17) is 0 Å². The van der Waals surface area contributed by atoms with Gasteiger partial charge in [-0.25, -0.2) is 0 Å². The third-order valence-corrected chi connectivity index (χ3v) is 5.39. The second-order valence-electron chi connectivity index (χ2n) is 8.01. The molecule has 0 radical (unpaired) electrons. The van der Waals surface area contributed by atoms with E-state index in [1.807, 2.05) is 31.2 Å². The van der Waals surface area contributed by atoms with Crippen molar-refractivity contribution in [3.05, 3.63) is 107 Å². The summed E-state index contributed by atoms with van der Waals surface area (Å²) in [6.45, 7) is 2.84. The lowest BCUT2D eigenvalue weighted by atomic mass is 10.1. The highest BCUT2D eigenvalue weighted by atomic mass is 16.2. The molecule has 0 aliphatic carbocycles. The predicted octanol–water partition coefficient (Wildman–Crippen LogP) is 3.79. The summed E-state index contributed by atoms with van der Waals surface area (Å²) in [5.41, 5.74) is 2.75. The van der Waals surface area contributed by atoms with E-state index in [2.05, 4.69) is 34.1 Å². The molecule has 2 amide bonds. The Morgan fingerprint density at radius 2 is 1.62 bits per heavy atom. The molecule has 0 saturated carbocycles. The molecule has 0 fully saturated rings. The van der Waals surface area contributed by atoms with Crippen molar-refractivity contribution < 1.29 is 9.59 Å². The zero-order valence-electron chi connectivity index (χ0n) is 18.9. The van der Waals surface area contributed by atoms with Crippen LogP contribution in [0, 0.1) is 6.92 Å². The van der Waals surface area contributed by atoms with Gasteiger partial charge in [0.2, 0.25) is 5.91 Å². The Morgan fingerprint density at radius 1 is 0.853 bits per heavy atom. The molecular formula is C27H26N4O3. The van der Waals surface area contributed by atoms with Gasteiger partial charge in [0.05, 0.1) is 0 Å². The number of pyridine rings is 1. The van der Waals surface area contributed by atoms with Crippen LogP contribution in [0.15, 0.2) is 89.9 Å². The van der Waals surface area contributed by atoms with E-state index in [0.29, 0.717) is 24.3 Å².